The third-order valence-corrected chi connectivity index (χ3v) is 3.48. The number of hydrogen-bond acceptors (Lipinski definition) is 4. The molecule has 0 fully saturated rings. The van der Waals surface area contributed by atoms with E-state index in [4.69, 9.17) is 18.0 Å². The Bertz CT molecular complexity index is 94.6. The first-order valence-electron chi connectivity index (χ1n) is 3.50. The third kappa shape index (κ3) is 4.49. The predicted molar refractivity (Wildman–Crippen MR) is 43.2 cm³/mol. The van der Waals surface area contributed by atoms with Crippen LogP contribution in [0.5, 0.6) is 0 Å². The lowest BCUT2D eigenvalue weighted by atomic mass is 10.9. The summed E-state index contributed by atoms with van der Waals surface area (Å²) in [5.41, 5.74) is 0. The van der Waals surface area contributed by atoms with E-state index in [1.54, 1.807) is 14.2 Å². The summed E-state index contributed by atoms with van der Waals surface area (Å²) in [7, 11) is 0.783. The van der Waals surface area contributed by atoms with Crippen molar-refractivity contribution in [2.24, 2.45) is 0 Å². The zero-order chi connectivity index (χ0) is 8.74. The maximum atomic E-state index is 5.24. The highest BCUT2D eigenvalue weighted by Gasteiger charge is 2.31. The lowest BCUT2D eigenvalue weighted by Crippen LogP contribution is -2.40. The van der Waals surface area contributed by atoms with Crippen molar-refractivity contribution in [1.29, 1.82) is 0 Å². The molecule has 0 aromatic rings. The van der Waals surface area contributed by atoms with Gasteiger partial charge in [-0.05, 0) is 6.92 Å². The van der Waals surface area contributed by atoms with Gasteiger partial charge in [0.05, 0.1) is 0 Å². The van der Waals surface area contributed by atoms with Crippen molar-refractivity contribution in [2.45, 2.75) is 13.5 Å². The van der Waals surface area contributed by atoms with Gasteiger partial charge >= 0.3 is 8.80 Å². The molecule has 0 saturated carbocycles. The zero-order valence-corrected chi connectivity index (χ0v) is 8.55. The monoisotopic (exact) mass is 180 g/mol. The van der Waals surface area contributed by atoms with Gasteiger partial charge < -0.3 is 18.0 Å². The SMILES string of the molecule is CCOCO[Si](C)(OC)OC. The van der Waals surface area contributed by atoms with Crippen LogP contribution in [-0.2, 0) is 18.0 Å². The van der Waals surface area contributed by atoms with Crippen LogP contribution in [0.2, 0.25) is 6.55 Å². The quantitative estimate of drug-likeness (QED) is 0.345. The number of hydrogen-bond donors (Lipinski definition) is 0. The van der Waals surface area contributed by atoms with Crippen molar-refractivity contribution in [3.8, 4) is 0 Å². The van der Waals surface area contributed by atoms with E-state index in [2.05, 4.69) is 0 Å². The molecule has 11 heavy (non-hydrogen) atoms. The van der Waals surface area contributed by atoms with Crippen LogP contribution in [0.3, 0.4) is 0 Å². The summed E-state index contributed by atoms with van der Waals surface area (Å²) in [6.07, 6.45) is 0. The molecule has 0 atom stereocenters. The predicted octanol–water partition coefficient (Wildman–Crippen LogP) is 0.859. The van der Waals surface area contributed by atoms with Crippen molar-refractivity contribution in [1.82, 2.24) is 0 Å². The second-order valence-corrected chi connectivity index (χ2v) is 4.86. The number of rotatable bonds is 6. The number of ether oxygens (including phenoxy) is 1. The average Bonchev–Trinajstić information content (AvgIpc) is 2.05. The van der Waals surface area contributed by atoms with E-state index in [0.29, 0.717) is 6.61 Å². The summed E-state index contributed by atoms with van der Waals surface area (Å²) < 4.78 is 20.3. The molecule has 0 aliphatic heterocycles. The van der Waals surface area contributed by atoms with Gasteiger partial charge in [-0.2, -0.15) is 0 Å². The maximum Gasteiger partial charge on any atom is 0.498 e. The van der Waals surface area contributed by atoms with Crippen LogP contribution < -0.4 is 0 Å². The topological polar surface area (TPSA) is 36.9 Å². The largest absolute Gasteiger partial charge is 0.498 e. The van der Waals surface area contributed by atoms with Gasteiger partial charge in [-0.3, -0.25) is 0 Å². The molecule has 4 nitrogen and oxygen atoms in total. The minimum absolute atomic E-state index is 0.237. The average molecular weight is 180 g/mol. The molecular formula is C6H16O4Si. The molecule has 0 saturated heterocycles. The Morgan fingerprint density at radius 2 is 1.73 bits per heavy atom. The van der Waals surface area contributed by atoms with Gasteiger partial charge in [-0.1, -0.05) is 0 Å². The highest BCUT2D eigenvalue weighted by atomic mass is 28.4. The molecule has 0 heterocycles. The van der Waals surface area contributed by atoms with Gasteiger partial charge in [0.25, 0.3) is 0 Å². The summed E-state index contributed by atoms with van der Waals surface area (Å²) in [6, 6.07) is 0. The molecule has 0 aromatic carbocycles. The molecule has 0 radical (unpaired) electrons. The van der Waals surface area contributed by atoms with E-state index in [0.717, 1.165) is 0 Å². The fourth-order valence-corrected chi connectivity index (χ4v) is 1.13. The molecular weight excluding hydrogens is 164 g/mol. The van der Waals surface area contributed by atoms with Crippen molar-refractivity contribution >= 4 is 8.80 Å². The van der Waals surface area contributed by atoms with Crippen LogP contribution in [0.15, 0.2) is 0 Å². The molecule has 0 spiro atoms. The van der Waals surface area contributed by atoms with E-state index in [-0.39, 0.29) is 6.79 Å². The smallest absolute Gasteiger partial charge is 0.377 e. The Morgan fingerprint density at radius 3 is 2.09 bits per heavy atom. The highest BCUT2D eigenvalue weighted by Crippen LogP contribution is 2.05. The first kappa shape index (κ1) is 11.1. The fraction of sp³-hybridized carbons (Fsp3) is 1.00. The Labute approximate surface area is 68.8 Å². The van der Waals surface area contributed by atoms with Crippen molar-refractivity contribution in [3.05, 3.63) is 0 Å². The van der Waals surface area contributed by atoms with Gasteiger partial charge in [-0.25, -0.2) is 0 Å². The van der Waals surface area contributed by atoms with Crippen molar-refractivity contribution in [3.63, 3.8) is 0 Å². The third-order valence-electron chi connectivity index (χ3n) is 1.35. The van der Waals surface area contributed by atoms with E-state index >= 15 is 0 Å². The molecule has 0 amide bonds. The van der Waals surface area contributed by atoms with Crippen LogP contribution in [-0.4, -0.2) is 36.4 Å². The Balaban J connectivity index is 3.51. The molecule has 0 unspecified atom stereocenters. The molecule has 0 rings (SSSR count). The van der Waals surface area contributed by atoms with Gasteiger partial charge in [0.15, 0.2) is 0 Å². The Morgan fingerprint density at radius 1 is 1.18 bits per heavy atom. The van der Waals surface area contributed by atoms with Crippen LogP contribution >= 0.6 is 0 Å². The molecule has 5 heteroatoms. The highest BCUT2D eigenvalue weighted by molar-refractivity contribution is 6.59. The summed E-state index contributed by atoms with van der Waals surface area (Å²) in [5.74, 6) is 0. The lowest BCUT2D eigenvalue weighted by molar-refractivity contribution is -0.0256. The van der Waals surface area contributed by atoms with Gasteiger partial charge in [-0.15, -0.1) is 0 Å². The minimum Gasteiger partial charge on any atom is -0.377 e. The molecule has 0 aromatic heterocycles. The van der Waals surface area contributed by atoms with E-state index < -0.39 is 8.80 Å². The maximum absolute atomic E-state index is 5.24. The first-order valence-corrected chi connectivity index (χ1v) is 5.73. The van der Waals surface area contributed by atoms with Crippen LogP contribution in [0, 0.1) is 0 Å². The second kappa shape index (κ2) is 5.67. The first-order chi connectivity index (χ1) is 5.18. The van der Waals surface area contributed by atoms with E-state index in [1.165, 1.54) is 0 Å². The van der Waals surface area contributed by atoms with Crippen molar-refractivity contribution < 1.29 is 18.0 Å². The van der Waals surface area contributed by atoms with Crippen molar-refractivity contribution in [2.75, 3.05) is 27.6 Å². The molecule has 0 aliphatic carbocycles. The molecule has 0 bridgehead atoms. The molecule has 0 aliphatic rings. The summed E-state index contributed by atoms with van der Waals surface area (Å²) in [5, 5.41) is 0. The molecule has 68 valence electrons. The minimum atomic E-state index is -2.36. The fourth-order valence-electron chi connectivity index (χ4n) is 0.433. The van der Waals surface area contributed by atoms with Gasteiger partial charge in [0.2, 0.25) is 0 Å². The second-order valence-electron chi connectivity index (χ2n) is 2.03. The van der Waals surface area contributed by atoms with Gasteiger partial charge in [0, 0.05) is 27.4 Å². The molecule has 0 N–H and O–H groups in total. The lowest BCUT2D eigenvalue weighted by Gasteiger charge is -2.21. The van der Waals surface area contributed by atoms with Crippen LogP contribution in [0.1, 0.15) is 6.92 Å². The zero-order valence-electron chi connectivity index (χ0n) is 7.55. The van der Waals surface area contributed by atoms with Gasteiger partial charge in [0.1, 0.15) is 6.79 Å². The van der Waals surface area contributed by atoms with E-state index in [1.807, 2.05) is 13.5 Å². The van der Waals surface area contributed by atoms with E-state index in [9.17, 15) is 0 Å². The van der Waals surface area contributed by atoms with Crippen LogP contribution in [0.4, 0.5) is 0 Å². The normalized spacial score (nSPS) is 12.0. The Kier molecular flexibility index (Phi) is 5.70. The standard InChI is InChI=1S/C6H16O4Si/c1-5-9-6-10-11(4,7-2)8-3/h5-6H2,1-4H3. The summed E-state index contributed by atoms with van der Waals surface area (Å²) >= 11 is 0. The van der Waals surface area contributed by atoms with Crippen LogP contribution in [0.25, 0.3) is 0 Å². The summed E-state index contributed by atoms with van der Waals surface area (Å²) in [4.78, 5) is 0. The summed E-state index contributed by atoms with van der Waals surface area (Å²) in [6.45, 7) is 4.59. The Hall–Kier alpha value is 0.0569.